The van der Waals surface area contributed by atoms with Crippen LogP contribution in [0.15, 0.2) is 66.7 Å². The number of carbonyl (C=O) groups excluding carboxylic acids is 2. The van der Waals surface area contributed by atoms with E-state index in [4.69, 9.17) is 9.47 Å². The molecule has 3 aromatic rings. The fourth-order valence-electron chi connectivity index (χ4n) is 4.46. The van der Waals surface area contributed by atoms with E-state index in [1.165, 1.54) is 29.8 Å². The van der Waals surface area contributed by atoms with Crippen LogP contribution in [0.3, 0.4) is 0 Å². The molecule has 2 atom stereocenters. The molecule has 0 aliphatic carbocycles. The first kappa shape index (κ1) is 25.1. The van der Waals surface area contributed by atoms with Gasteiger partial charge in [0.2, 0.25) is 12.7 Å². The van der Waals surface area contributed by atoms with E-state index >= 15 is 0 Å². The lowest BCUT2D eigenvalue weighted by molar-refractivity contribution is -0.125. The van der Waals surface area contributed by atoms with Gasteiger partial charge in [0.25, 0.3) is 5.91 Å². The number of ether oxygens (including phenoxy) is 2. The predicted molar refractivity (Wildman–Crippen MR) is 141 cm³/mol. The van der Waals surface area contributed by atoms with E-state index in [0.717, 1.165) is 11.1 Å². The van der Waals surface area contributed by atoms with Crippen LogP contribution in [0, 0.1) is 5.82 Å². The number of amides is 2. The molecular formula is C29H29FN2O4S. The molecule has 0 saturated carbocycles. The van der Waals surface area contributed by atoms with Gasteiger partial charge < -0.3 is 19.7 Å². The van der Waals surface area contributed by atoms with Crippen LogP contribution in [0.5, 0.6) is 11.5 Å². The average molecular weight is 521 g/mol. The molecule has 37 heavy (non-hydrogen) atoms. The molecule has 2 aliphatic rings. The number of halogens is 1. The molecule has 1 N–H and O–H groups in total. The normalized spacial score (nSPS) is 18.6. The molecule has 3 aromatic carbocycles. The molecule has 2 unspecified atom stereocenters. The quantitative estimate of drug-likeness (QED) is 0.486. The maximum Gasteiger partial charge on any atom is 0.255 e. The Bertz CT molecular complexity index is 1300. The number of hydrogen-bond acceptors (Lipinski definition) is 5. The summed E-state index contributed by atoms with van der Waals surface area (Å²) >= 11 is 1.55. The van der Waals surface area contributed by atoms with E-state index in [0.29, 0.717) is 29.4 Å². The van der Waals surface area contributed by atoms with Gasteiger partial charge in [-0.25, -0.2) is 4.39 Å². The SMILES string of the molecule is CC(C)(C)c1ccc(C2SCC(C(=O)NCc3ccc4c(c3)OCO4)N2C(=O)c2ccc(F)cc2)cc1. The summed E-state index contributed by atoms with van der Waals surface area (Å²) in [5, 5.41) is 2.64. The van der Waals surface area contributed by atoms with Crippen molar-refractivity contribution in [2.24, 2.45) is 0 Å². The smallest absolute Gasteiger partial charge is 0.255 e. The number of nitrogens with one attached hydrogen (secondary N) is 1. The van der Waals surface area contributed by atoms with Crippen LogP contribution in [0.2, 0.25) is 0 Å². The van der Waals surface area contributed by atoms with Crippen molar-refractivity contribution in [2.75, 3.05) is 12.5 Å². The highest BCUT2D eigenvalue weighted by Crippen LogP contribution is 2.43. The zero-order valence-electron chi connectivity index (χ0n) is 21.0. The summed E-state index contributed by atoms with van der Waals surface area (Å²) in [7, 11) is 0. The second kappa shape index (κ2) is 10.1. The number of fused-ring (bicyclic) bond motifs is 1. The molecular weight excluding hydrogens is 491 g/mol. The minimum atomic E-state index is -0.677. The Labute approximate surface area is 220 Å². The first-order chi connectivity index (χ1) is 17.7. The molecule has 0 aromatic heterocycles. The number of rotatable bonds is 5. The molecule has 8 heteroatoms. The summed E-state index contributed by atoms with van der Waals surface area (Å²) in [4.78, 5) is 28.7. The Balaban J connectivity index is 1.38. The van der Waals surface area contributed by atoms with Crippen LogP contribution in [-0.2, 0) is 16.8 Å². The third kappa shape index (κ3) is 5.30. The Morgan fingerprint density at radius 3 is 2.41 bits per heavy atom. The molecule has 2 amide bonds. The van der Waals surface area contributed by atoms with Crippen molar-refractivity contribution in [1.82, 2.24) is 10.2 Å². The third-order valence-electron chi connectivity index (χ3n) is 6.59. The van der Waals surface area contributed by atoms with E-state index in [-0.39, 0.29) is 29.4 Å². The Hall–Kier alpha value is -3.52. The number of hydrogen-bond donors (Lipinski definition) is 1. The van der Waals surface area contributed by atoms with Gasteiger partial charge in [-0.05, 0) is 58.5 Å². The van der Waals surface area contributed by atoms with E-state index in [1.807, 2.05) is 30.3 Å². The summed E-state index contributed by atoms with van der Waals surface area (Å²) in [5.74, 6) is 0.812. The zero-order chi connectivity index (χ0) is 26.2. The van der Waals surface area contributed by atoms with E-state index in [1.54, 1.807) is 16.7 Å². The summed E-state index contributed by atoms with van der Waals surface area (Å²) in [6.07, 6.45) is 0. The largest absolute Gasteiger partial charge is 0.454 e. The lowest BCUT2D eigenvalue weighted by Crippen LogP contribution is -2.47. The number of benzene rings is 3. The topological polar surface area (TPSA) is 67.9 Å². The van der Waals surface area contributed by atoms with Crippen LogP contribution in [0.4, 0.5) is 4.39 Å². The maximum absolute atomic E-state index is 13.7. The Kier molecular flexibility index (Phi) is 6.86. The molecule has 5 rings (SSSR count). The molecule has 2 aliphatic heterocycles. The molecule has 6 nitrogen and oxygen atoms in total. The third-order valence-corrected chi connectivity index (χ3v) is 7.92. The van der Waals surface area contributed by atoms with Gasteiger partial charge in [-0.15, -0.1) is 11.8 Å². The van der Waals surface area contributed by atoms with Gasteiger partial charge in [0, 0.05) is 17.9 Å². The van der Waals surface area contributed by atoms with Gasteiger partial charge in [-0.3, -0.25) is 9.59 Å². The molecule has 1 saturated heterocycles. The lowest BCUT2D eigenvalue weighted by Gasteiger charge is -2.29. The second-order valence-corrected chi connectivity index (χ2v) is 11.3. The Morgan fingerprint density at radius 2 is 1.70 bits per heavy atom. The van der Waals surface area contributed by atoms with Crippen LogP contribution < -0.4 is 14.8 Å². The van der Waals surface area contributed by atoms with Crippen LogP contribution >= 0.6 is 11.8 Å². The van der Waals surface area contributed by atoms with Gasteiger partial charge in [0.1, 0.15) is 17.2 Å². The lowest BCUT2D eigenvalue weighted by atomic mass is 9.86. The van der Waals surface area contributed by atoms with Gasteiger partial charge in [0.05, 0.1) is 0 Å². The van der Waals surface area contributed by atoms with Crippen molar-refractivity contribution in [2.45, 2.75) is 44.1 Å². The van der Waals surface area contributed by atoms with E-state index < -0.39 is 11.9 Å². The van der Waals surface area contributed by atoms with Crippen molar-refractivity contribution in [3.63, 3.8) is 0 Å². The van der Waals surface area contributed by atoms with Crippen molar-refractivity contribution >= 4 is 23.6 Å². The van der Waals surface area contributed by atoms with Crippen molar-refractivity contribution in [3.8, 4) is 11.5 Å². The minimum Gasteiger partial charge on any atom is -0.454 e. The average Bonchev–Trinajstić information content (AvgIpc) is 3.54. The van der Waals surface area contributed by atoms with Gasteiger partial charge >= 0.3 is 0 Å². The first-order valence-electron chi connectivity index (χ1n) is 12.2. The highest BCUT2D eigenvalue weighted by molar-refractivity contribution is 7.99. The van der Waals surface area contributed by atoms with Gasteiger partial charge in [-0.1, -0.05) is 51.1 Å². The molecule has 2 heterocycles. The predicted octanol–water partition coefficient (Wildman–Crippen LogP) is 5.42. The highest BCUT2D eigenvalue weighted by atomic mass is 32.2. The molecule has 1 fully saturated rings. The summed E-state index contributed by atoms with van der Waals surface area (Å²) in [6, 6.07) is 18.5. The minimum absolute atomic E-state index is 0.00209. The summed E-state index contributed by atoms with van der Waals surface area (Å²) in [6.45, 7) is 6.93. The zero-order valence-corrected chi connectivity index (χ0v) is 21.8. The Morgan fingerprint density at radius 1 is 1.00 bits per heavy atom. The molecule has 0 spiro atoms. The molecule has 0 bridgehead atoms. The monoisotopic (exact) mass is 520 g/mol. The highest BCUT2D eigenvalue weighted by Gasteiger charge is 2.42. The van der Waals surface area contributed by atoms with Crippen molar-refractivity contribution in [3.05, 3.63) is 94.8 Å². The van der Waals surface area contributed by atoms with Crippen LogP contribution in [0.25, 0.3) is 0 Å². The summed E-state index contributed by atoms with van der Waals surface area (Å²) in [5.41, 5.74) is 3.35. The maximum atomic E-state index is 13.7. The van der Waals surface area contributed by atoms with Gasteiger partial charge in [0.15, 0.2) is 11.5 Å². The van der Waals surface area contributed by atoms with Crippen molar-refractivity contribution < 1.29 is 23.5 Å². The number of thioether (sulfide) groups is 1. The molecule has 192 valence electrons. The van der Waals surface area contributed by atoms with Gasteiger partial charge in [-0.2, -0.15) is 0 Å². The van der Waals surface area contributed by atoms with E-state index in [9.17, 15) is 14.0 Å². The van der Waals surface area contributed by atoms with Crippen molar-refractivity contribution in [1.29, 1.82) is 0 Å². The van der Waals surface area contributed by atoms with Crippen LogP contribution in [0.1, 0.15) is 53.2 Å². The fourth-order valence-corrected chi connectivity index (χ4v) is 5.89. The molecule has 0 radical (unpaired) electrons. The number of carbonyl (C=O) groups is 2. The fraction of sp³-hybridized carbons (Fsp3) is 0.310. The first-order valence-corrected chi connectivity index (χ1v) is 13.2. The van der Waals surface area contributed by atoms with Crippen LogP contribution in [-0.4, -0.2) is 35.3 Å². The number of nitrogens with zero attached hydrogens (tertiary/aromatic N) is 1. The second-order valence-electron chi connectivity index (χ2n) is 10.2. The van der Waals surface area contributed by atoms with E-state index in [2.05, 4.69) is 38.2 Å². The summed E-state index contributed by atoms with van der Waals surface area (Å²) < 4.78 is 24.3. The standard InChI is InChI=1S/C29H29FN2O4S/c1-29(2,3)21-9-5-20(6-10-21)28-32(27(34)19-7-11-22(30)12-8-19)23(16-37-28)26(33)31-15-18-4-13-24-25(14-18)36-17-35-24/h4-14,23,28H,15-17H2,1-3H3,(H,31,33).